The van der Waals surface area contributed by atoms with Crippen molar-refractivity contribution in [2.24, 2.45) is 0 Å². The number of hydrogen-bond acceptors (Lipinski definition) is 1. The van der Waals surface area contributed by atoms with Crippen molar-refractivity contribution in [2.45, 2.75) is 25.2 Å². The second-order valence-corrected chi connectivity index (χ2v) is 4.48. The summed E-state index contributed by atoms with van der Waals surface area (Å²) >= 11 is 5.78. The molecule has 1 aromatic carbocycles. The van der Waals surface area contributed by atoms with E-state index in [9.17, 15) is 4.79 Å². The predicted octanol–water partition coefficient (Wildman–Crippen LogP) is 2.76. The number of amides is 1. The van der Waals surface area contributed by atoms with Crippen molar-refractivity contribution < 1.29 is 4.79 Å². The minimum Gasteiger partial charge on any atom is -0.328 e. The fraction of sp³-hybridized carbons (Fsp3) is 0.462. The van der Waals surface area contributed by atoms with Gasteiger partial charge in [-0.25, -0.2) is 0 Å². The highest BCUT2D eigenvalue weighted by Crippen LogP contribution is 2.38. The average Bonchev–Trinajstić information content (AvgIpc) is 2.68. The van der Waals surface area contributed by atoms with Crippen molar-refractivity contribution in [1.29, 1.82) is 0 Å². The molecule has 0 saturated carbocycles. The molecule has 0 radical (unpaired) electrons. The van der Waals surface area contributed by atoms with Crippen LogP contribution in [0.25, 0.3) is 0 Å². The number of carbonyl (C=O) groups is 1. The van der Waals surface area contributed by atoms with Crippen LogP contribution in [0.3, 0.4) is 0 Å². The molecule has 1 aliphatic heterocycles. The first-order valence-corrected chi connectivity index (χ1v) is 6.19. The maximum atomic E-state index is 12.3. The molecule has 2 rings (SSSR count). The van der Waals surface area contributed by atoms with Crippen LogP contribution >= 0.6 is 11.6 Å². The SMILES string of the molecule is CCC1(c2ccccc2)CCN(CCl)C1=O. The summed E-state index contributed by atoms with van der Waals surface area (Å²) in [6.07, 6.45) is 1.71. The first kappa shape index (κ1) is 11.5. The first-order valence-electron chi connectivity index (χ1n) is 5.65. The lowest BCUT2D eigenvalue weighted by atomic mass is 9.77. The molecule has 3 heteroatoms. The van der Waals surface area contributed by atoms with Gasteiger partial charge in [-0.05, 0) is 18.4 Å². The van der Waals surface area contributed by atoms with Gasteiger partial charge in [-0.3, -0.25) is 4.79 Å². The third kappa shape index (κ3) is 1.61. The van der Waals surface area contributed by atoms with Gasteiger partial charge < -0.3 is 4.90 Å². The summed E-state index contributed by atoms with van der Waals surface area (Å²) in [5, 5.41) is 0. The summed E-state index contributed by atoms with van der Waals surface area (Å²) in [6, 6.07) is 10.3. The standard InChI is InChI=1S/C13H16ClNO/c1-2-13(11-6-4-3-5-7-11)8-9-15(10-14)12(13)16/h3-7H,2,8-10H2,1H3. The Morgan fingerprint density at radius 2 is 2.06 bits per heavy atom. The Balaban J connectivity index is 2.39. The summed E-state index contributed by atoms with van der Waals surface area (Å²) in [6.45, 7) is 2.84. The normalized spacial score (nSPS) is 25.1. The fourth-order valence-corrected chi connectivity index (χ4v) is 2.74. The zero-order valence-electron chi connectivity index (χ0n) is 9.45. The van der Waals surface area contributed by atoms with E-state index in [1.54, 1.807) is 4.90 Å². The summed E-state index contributed by atoms with van der Waals surface area (Å²) in [5.74, 6) is 0.177. The van der Waals surface area contributed by atoms with Crippen LogP contribution in [0.1, 0.15) is 25.3 Å². The Bertz CT molecular complexity index is 379. The van der Waals surface area contributed by atoms with E-state index in [1.807, 2.05) is 30.3 Å². The number of nitrogens with zero attached hydrogens (tertiary/aromatic N) is 1. The largest absolute Gasteiger partial charge is 0.328 e. The molecule has 1 atom stereocenters. The summed E-state index contributed by atoms with van der Waals surface area (Å²) in [7, 11) is 0. The van der Waals surface area contributed by atoms with E-state index in [-0.39, 0.29) is 11.3 Å². The van der Waals surface area contributed by atoms with E-state index < -0.39 is 0 Å². The topological polar surface area (TPSA) is 20.3 Å². The maximum absolute atomic E-state index is 12.3. The molecule has 0 bridgehead atoms. The minimum atomic E-state index is -0.337. The number of halogens is 1. The van der Waals surface area contributed by atoms with Crippen LogP contribution < -0.4 is 0 Å². The van der Waals surface area contributed by atoms with Gasteiger partial charge in [-0.2, -0.15) is 0 Å². The van der Waals surface area contributed by atoms with Gasteiger partial charge in [-0.1, -0.05) is 37.3 Å². The van der Waals surface area contributed by atoms with Crippen LogP contribution in [-0.4, -0.2) is 23.4 Å². The van der Waals surface area contributed by atoms with Crippen LogP contribution in [0.4, 0.5) is 0 Å². The maximum Gasteiger partial charge on any atom is 0.234 e. The minimum absolute atomic E-state index is 0.177. The Morgan fingerprint density at radius 3 is 2.56 bits per heavy atom. The molecule has 1 unspecified atom stereocenters. The van der Waals surface area contributed by atoms with E-state index in [4.69, 9.17) is 11.6 Å². The zero-order chi connectivity index (χ0) is 11.6. The van der Waals surface area contributed by atoms with Crippen molar-refractivity contribution in [3.8, 4) is 0 Å². The van der Waals surface area contributed by atoms with Gasteiger partial charge in [0.25, 0.3) is 0 Å². The van der Waals surface area contributed by atoms with E-state index in [1.165, 1.54) is 0 Å². The van der Waals surface area contributed by atoms with E-state index >= 15 is 0 Å². The molecule has 86 valence electrons. The molecular formula is C13H16ClNO. The highest BCUT2D eigenvalue weighted by Gasteiger charge is 2.45. The number of rotatable bonds is 3. The monoisotopic (exact) mass is 237 g/mol. The van der Waals surface area contributed by atoms with E-state index in [2.05, 4.69) is 6.92 Å². The Morgan fingerprint density at radius 1 is 1.38 bits per heavy atom. The summed E-state index contributed by atoms with van der Waals surface area (Å²) in [5.41, 5.74) is 0.783. The van der Waals surface area contributed by atoms with Gasteiger partial charge >= 0.3 is 0 Å². The van der Waals surface area contributed by atoms with Gasteiger partial charge in [0, 0.05) is 6.54 Å². The Labute approximate surface area is 101 Å². The Hall–Kier alpha value is -1.02. The molecule has 16 heavy (non-hydrogen) atoms. The van der Waals surface area contributed by atoms with Gasteiger partial charge in [0.2, 0.25) is 5.91 Å². The predicted molar refractivity (Wildman–Crippen MR) is 65.5 cm³/mol. The third-order valence-electron chi connectivity index (χ3n) is 3.58. The van der Waals surface area contributed by atoms with Crippen molar-refractivity contribution in [3.05, 3.63) is 35.9 Å². The van der Waals surface area contributed by atoms with Gasteiger partial charge in [0.15, 0.2) is 0 Å². The smallest absolute Gasteiger partial charge is 0.234 e. The molecule has 1 amide bonds. The van der Waals surface area contributed by atoms with Crippen molar-refractivity contribution >= 4 is 17.5 Å². The highest BCUT2D eigenvalue weighted by atomic mass is 35.5. The van der Waals surface area contributed by atoms with Gasteiger partial charge in [-0.15, -0.1) is 11.6 Å². The molecule has 1 aliphatic rings. The Kier molecular flexibility index (Phi) is 3.20. The van der Waals surface area contributed by atoms with Crippen molar-refractivity contribution in [3.63, 3.8) is 0 Å². The molecule has 1 saturated heterocycles. The molecule has 1 aromatic rings. The first-order chi connectivity index (χ1) is 7.74. The van der Waals surface area contributed by atoms with Crippen LogP contribution in [0.15, 0.2) is 30.3 Å². The van der Waals surface area contributed by atoms with E-state index in [0.29, 0.717) is 6.00 Å². The molecule has 2 nitrogen and oxygen atoms in total. The van der Waals surface area contributed by atoms with Crippen LogP contribution in [-0.2, 0) is 10.2 Å². The number of benzene rings is 1. The number of alkyl halides is 1. The number of hydrogen-bond donors (Lipinski definition) is 0. The third-order valence-corrected chi connectivity index (χ3v) is 3.87. The lowest BCUT2D eigenvalue weighted by Gasteiger charge is -2.26. The zero-order valence-corrected chi connectivity index (χ0v) is 10.2. The molecule has 0 N–H and O–H groups in total. The van der Waals surface area contributed by atoms with Crippen LogP contribution in [0.5, 0.6) is 0 Å². The lowest BCUT2D eigenvalue weighted by molar-refractivity contribution is -0.131. The fourth-order valence-electron chi connectivity index (χ4n) is 2.51. The molecule has 0 spiro atoms. The molecule has 0 aliphatic carbocycles. The molecule has 0 aromatic heterocycles. The van der Waals surface area contributed by atoms with Crippen molar-refractivity contribution in [1.82, 2.24) is 4.90 Å². The quantitative estimate of drug-likeness (QED) is 0.585. The second kappa shape index (κ2) is 4.46. The second-order valence-electron chi connectivity index (χ2n) is 4.24. The molecular weight excluding hydrogens is 222 g/mol. The van der Waals surface area contributed by atoms with Crippen molar-refractivity contribution in [2.75, 3.05) is 12.5 Å². The van der Waals surface area contributed by atoms with Crippen LogP contribution in [0, 0.1) is 0 Å². The number of carbonyl (C=O) groups excluding carboxylic acids is 1. The van der Waals surface area contributed by atoms with Crippen LogP contribution in [0.2, 0.25) is 0 Å². The summed E-state index contributed by atoms with van der Waals surface area (Å²) in [4.78, 5) is 14.1. The van der Waals surface area contributed by atoms with Gasteiger partial charge in [0.1, 0.15) is 0 Å². The lowest BCUT2D eigenvalue weighted by Crippen LogP contribution is -2.36. The number of likely N-dealkylation sites (tertiary alicyclic amines) is 1. The average molecular weight is 238 g/mol. The molecule has 1 heterocycles. The van der Waals surface area contributed by atoms with Gasteiger partial charge in [0.05, 0.1) is 11.4 Å². The highest BCUT2D eigenvalue weighted by molar-refractivity contribution is 6.18. The van der Waals surface area contributed by atoms with E-state index in [0.717, 1.165) is 24.9 Å². The summed E-state index contributed by atoms with van der Waals surface area (Å²) < 4.78 is 0. The molecule has 1 fully saturated rings.